The van der Waals surface area contributed by atoms with Crippen LogP contribution in [0.15, 0.2) is 30.3 Å². The van der Waals surface area contributed by atoms with Crippen LogP contribution in [-0.4, -0.2) is 46.7 Å². The molecule has 1 amide bonds. The van der Waals surface area contributed by atoms with Gasteiger partial charge in [-0.05, 0) is 11.5 Å². The fourth-order valence-corrected chi connectivity index (χ4v) is 4.46. The molecule has 0 unspecified atom stereocenters. The summed E-state index contributed by atoms with van der Waals surface area (Å²) in [6.07, 6.45) is 1.55. The molecule has 1 aromatic rings. The van der Waals surface area contributed by atoms with Crippen molar-refractivity contribution in [3.8, 4) is 0 Å². The third-order valence-corrected chi connectivity index (χ3v) is 5.60. The summed E-state index contributed by atoms with van der Waals surface area (Å²) in [5, 5.41) is 0. The highest BCUT2D eigenvalue weighted by Crippen LogP contribution is 2.49. The number of ether oxygens (including phenoxy) is 1. The molecule has 3 saturated heterocycles. The van der Waals surface area contributed by atoms with Gasteiger partial charge in [-0.1, -0.05) is 44.2 Å². The van der Waals surface area contributed by atoms with E-state index in [4.69, 9.17) is 4.74 Å². The van der Waals surface area contributed by atoms with E-state index in [1.165, 1.54) is 5.56 Å². The Kier molecular flexibility index (Phi) is 3.27. The Morgan fingerprint density at radius 1 is 1.32 bits per heavy atom. The van der Waals surface area contributed by atoms with Crippen molar-refractivity contribution < 1.29 is 9.53 Å². The van der Waals surface area contributed by atoms with Crippen LogP contribution < -0.4 is 0 Å². The van der Waals surface area contributed by atoms with Crippen molar-refractivity contribution in [2.75, 3.05) is 13.2 Å². The molecule has 1 spiro atoms. The maximum Gasteiger partial charge on any atom is 0.226 e. The topological polar surface area (TPSA) is 32.8 Å². The van der Waals surface area contributed by atoms with Crippen LogP contribution in [0.25, 0.3) is 0 Å². The van der Waals surface area contributed by atoms with Crippen LogP contribution in [0.2, 0.25) is 0 Å². The first-order valence-electron chi connectivity index (χ1n) is 8.36. The van der Waals surface area contributed by atoms with Gasteiger partial charge in [0.2, 0.25) is 5.91 Å². The molecule has 0 N–H and O–H groups in total. The van der Waals surface area contributed by atoms with Crippen LogP contribution in [-0.2, 0) is 16.1 Å². The molecule has 3 fully saturated rings. The molecule has 3 atom stereocenters. The summed E-state index contributed by atoms with van der Waals surface area (Å²) in [4.78, 5) is 17.1. The second-order valence-electron chi connectivity index (χ2n) is 7.16. The molecular formula is C18H24N2O2. The number of likely N-dealkylation sites (tertiary alicyclic amines) is 1. The van der Waals surface area contributed by atoms with E-state index in [-0.39, 0.29) is 23.7 Å². The highest BCUT2D eigenvalue weighted by atomic mass is 16.5. The van der Waals surface area contributed by atoms with E-state index in [9.17, 15) is 4.79 Å². The zero-order valence-electron chi connectivity index (χ0n) is 13.4. The maximum atomic E-state index is 12.6. The Balaban J connectivity index is 1.59. The van der Waals surface area contributed by atoms with Gasteiger partial charge in [-0.3, -0.25) is 9.69 Å². The van der Waals surface area contributed by atoms with Gasteiger partial charge in [-0.15, -0.1) is 0 Å². The molecular weight excluding hydrogens is 276 g/mol. The second kappa shape index (κ2) is 5.07. The minimum atomic E-state index is -0.346. The van der Waals surface area contributed by atoms with Crippen molar-refractivity contribution in [3.63, 3.8) is 0 Å². The van der Waals surface area contributed by atoms with Gasteiger partial charge < -0.3 is 9.64 Å². The van der Waals surface area contributed by atoms with Crippen LogP contribution in [0, 0.1) is 5.92 Å². The molecule has 1 aromatic carbocycles. The first-order valence-corrected chi connectivity index (χ1v) is 8.36. The average molecular weight is 300 g/mol. The standard InChI is InChI=1S/C18H24N2O2/c1-13(2)15-12-22-18-8-9-19(11-14-6-4-3-5-7-14)16(18)10-17(21)20(15)18/h3-7,13,15-16H,8-12H2,1-2H3/t15-,16+,18-/m0/s1. The van der Waals surface area contributed by atoms with Gasteiger partial charge >= 0.3 is 0 Å². The zero-order chi connectivity index (χ0) is 15.3. The molecule has 3 heterocycles. The van der Waals surface area contributed by atoms with Crippen molar-refractivity contribution in [2.45, 2.75) is 51.0 Å². The molecule has 4 rings (SSSR count). The van der Waals surface area contributed by atoms with Crippen molar-refractivity contribution in [1.29, 1.82) is 0 Å². The highest BCUT2D eigenvalue weighted by molar-refractivity contribution is 5.82. The summed E-state index contributed by atoms with van der Waals surface area (Å²) in [6.45, 7) is 6.98. The monoisotopic (exact) mass is 300 g/mol. The van der Waals surface area contributed by atoms with Crippen LogP contribution in [0.1, 0.15) is 32.3 Å². The summed E-state index contributed by atoms with van der Waals surface area (Å²) in [5.74, 6) is 0.726. The number of nitrogens with zero attached hydrogens (tertiary/aromatic N) is 2. The molecule has 22 heavy (non-hydrogen) atoms. The molecule has 4 nitrogen and oxygen atoms in total. The molecule has 0 radical (unpaired) electrons. The van der Waals surface area contributed by atoms with Crippen LogP contribution in [0.5, 0.6) is 0 Å². The first-order chi connectivity index (χ1) is 10.6. The van der Waals surface area contributed by atoms with Gasteiger partial charge in [0, 0.05) is 25.9 Å². The zero-order valence-corrected chi connectivity index (χ0v) is 13.4. The third kappa shape index (κ3) is 1.94. The van der Waals surface area contributed by atoms with E-state index in [1.807, 2.05) is 6.07 Å². The van der Waals surface area contributed by atoms with Crippen molar-refractivity contribution in [3.05, 3.63) is 35.9 Å². The summed E-state index contributed by atoms with van der Waals surface area (Å²) in [7, 11) is 0. The summed E-state index contributed by atoms with van der Waals surface area (Å²) < 4.78 is 6.26. The van der Waals surface area contributed by atoms with E-state index in [0.29, 0.717) is 18.9 Å². The van der Waals surface area contributed by atoms with E-state index in [1.54, 1.807) is 0 Å². The lowest BCUT2D eigenvalue weighted by Crippen LogP contribution is -2.50. The Bertz CT molecular complexity index is 574. The summed E-state index contributed by atoms with van der Waals surface area (Å²) in [5.41, 5.74) is 0.963. The van der Waals surface area contributed by atoms with Crippen LogP contribution >= 0.6 is 0 Å². The smallest absolute Gasteiger partial charge is 0.226 e. The normalized spacial score (nSPS) is 34.5. The number of amides is 1. The van der Waals surface area contributed by atoms with Gasteiger partial charge in [0.1, 0.15) is 0 Å². The number of rotatable bonds is 3. The molecule has 118 valence electrons. The molecule has 0 saturated carbocycles. The number of carbonyl (C=O) groups is 1. The molecule has 0 aromatic heterocycles. The number of benzene rings is 1. The third-order valence-electron chi connectivity index (χ3n) is 5.60. The van der Waals surface area contributed by atoms with E-state index in [2.05, 4.69) is 47.9 Å². The van der Waals surface area contributed by atoms with Gasteiger partial charge in [-0.2, -0.15) is 0 Å². The van der Waals surface area contributed by atoms with Crippen molar-refractivity contribution in [2.24, 2.45) is 5.92 Å². The van der Waals surface area contributed by atoms with E-state index in [0.717, 1.165) is 19.5 Å². The lowest BCUT2D eigenvalue weighted by atomic mass is 10.0. The number of carbonyl (C=O) groups excluding carboxylic acids is 1. The minimum absolute atomic E-state index is 0.212. The quantitative estimate of drug-likeness (QED) is 0.858. The Labute approximate surface area is 132 Å². The van der Waals surface area contributed by atoms with E-state index >= 15 is 0 Å². The number of hydrogen-bond acceptors (Lipinski definition) is 3. The first kappa shape index (κ1) is 14.2. The predicted molar refractivity (Wildman–Crippen MR) is 84.0 cm³/mol. The Hall–Kier alpha value is -1.39. The van der Waals surface area contributed by atoms with Crippen LogP contribution in [0.3, 0.4) is 0 Å². The molecule has 3 aliphatic rings. The summed E-state index contributed by atoms with van der Waals surface area (Å²) >= 11 is 0. The van der Waals surface area contributed by atoms with Crippen LogP contribution in [0.4, 0.5) is 0 Å². The predicted octanol–water partition coefficient (Wildman–Crippen LogP) is 2.24. The van der Waals surface area contributed by atoms with Gasteiger partial charge in [0.25, 0.3) is 0 Å². The van der Waals surface area contributed by atoms with E-state index < -0.39 is 0 Å². The average Bonchev–Trinajstić information content (AvgIpc) is 3.12. The Morgan fingerprint density at radius 3 is 2.82 bits per heavy atom. The van der Waals surface area contributed by atoms with Gasteiger partial charge in [0.15, 0.2) is 5.72 Å². The minimum Gasteiger partial charge on any atom is -0.352 e. The lowest BCUT2D eigenvalue weighted by molar-refractivity contribution is -0.139. The van der Waals surface area contributed by atoms with Crippen molar-refractivity contribution >= 4 is 5.91 Å². The molecule has 0 bridgehead atoms. The SMILES string of the molecule is CC(C)[C@@H]1CO[C@@]23CCN(Cc4ccccc4)[C@@H]2CC(=O)N13. The number of hydrogen-bond donors (Lipinski definition) is 0. The summed E-state index contributed by atoms with van der Waals surface area (Å²) in [6, 6.07) is 11.0. The molecule has 3 aliphatic heterocycles. The second-order valence-corrected chi connectivity index (χ2v) is 7.16. The van der Waals surface area contributed by atoms with Gasteiger partial charge in [-0.25, -0.2) is 0 Å². The fraction of sp³-hybridized carbons (Fsp3) is 0.611. The molecule has 0 aliphatic carbocycles. The maximum absolute atomic E-state index is 12.6. The largest absolute Gasteiger partial charge is 0.352 e. The van der Waals surface area contributed by atoms with Gasteiger partial charge in [0.05, 0.1) is 18.7 Å². The van der Waals surface area contributed by atoms with Crippen molar-refractivity contribution in [1.82, 2.24) is 9.80 Å². The Morgan fingerprint density at radius 2 is 2.09 bits per heavy atom. The highest BCUT2D eigenvalue weighted by Gasteiger charge is 2.64. The lowest BCUT2D eigenvalue weighted by Gasteiger charge is -2.34. The fourth-order valence-electron chi connectivity index (χ4n) is 4.46. The molecule has 4 heteroatoms.